The molecule has 92 valence electrons. The van der Waals surface area contributed by atoms with E-state index in [0.29, 0.717) is 17.1 Å². The molecule has 1 aromatic carbocycles. The van der Waals surface area contributed by atoms with Gasteiger partial charge in [0, 0.05) is 5.69 Å². The van der Waals surface area contributed by atoms with E-state index in [4.69, 9.17) is 20.7 Å². The van der Waals surface area contributed by atoms with Crippen molar-refractivity contribution in [1.82, 2.24) is 0 Å². The second kappa shape index (κ2) is 4.60. The summed E-state index contributed by atoms with van der Waals surface area (Å²) in [6.07, 6.45) is 0. The molecule has 1 heterocycles. The molecule has 0 saturated carbocycles. The van der Waals surface area contributed by atoms with Gasteiger partial charge in [-0.2, -0.15) is 0 Å². The SMILES string of the molecule is Nc1ccc2c(c1)N(C(CO)CO)C(=O)CO2. The molecule has 0 atom stereocenters. The Balaban J connectivity index is 2.45. The maximum atomic E-state index is 11.8. The number of hydrogen-bond donors (Lipinski definition) is 3. The second-order valence-electron chi connectivity index (χ2n) is 3.80. The van der Waals surface area contributed by atoms with Crippen molar-refractivity contribution in [2.75, 3.05) is 30.5 Å². The van der Waals surface area contributed by atoms with Gasteiger partial charge in [0.1, 0.15) is 5.75 Å². The number of nitrogens with two attached hydrogens (primary N) is 1. The zero-order chi connectivity index (χ0) is 12.4. The van der Waals surface area contributed by atoms with E-state index in [1.54, 1.807) is 18.2 Å². The lowest BCUT2D eigenvalue weighted by Crippen LogP contribution is -2.49. The summed E-state index contributed by atoms with van der Waals surface area (Å²) < 4.78 is 5.25. The molecule has 0 aliphatic carbocycles. The molecule has 0 radical (unpaired) electrons. The molecule has 0 fully saturated rings. The van der Waals surface area contributed by atoms with Gasteiger partial charge in [-0.3, -0.25) is 9.69 Å². The molecule has 0 unspecified atom stereocenters. The van der Waals surface area contributed by atoms with E-state index >= 15 is 0 Å². The van der Waals surface area contributed by atoms with E-state index in [1.165, 1.54) is 4.90 Å². The van der Waals surface area contributed by atoms with Crippen LogP contribution in [0.15, 0.2) is 18.2 Å². The van der Waals surface area contributed by atoms with E-state index in [2.05, 4.69) is 0 Å². The highest BCUT2D eigenvalue weighted by Crippen LogP contribution is 2.34. The standard InChI is InChI=1S/C11H14N2O4/c12-7-1-2-10-9(3-7)13(8(4-14)5-15)11(16)6-17-10/h1-3,8,14-15H,4-6,12H2. The molecule has 0 spiro atoms. The molecular weight excluding hydrogens is 224 g/mol. The topological polar surface area (TPSA) is 96.0 Å². The Hall–Kier alpha value is -1.79. The molecule has 1 aliphatic rings. The van der Waals surface area contributed by atoms with Gasteiger partial charge in [0.2, 0.25) is 0 Å². The predicted octanol–water partition coefficient (Wildman–Crippen LogP) is -0.653. The number of ether oxygens (including phenoxy) is 1. The number of hydrogen-bond acceptors (Lipinski definition) is 5. The lowest BCUT2D eigenvalue weighted by atomic mass is 10.1. The van der Waals surface area contributed by atoms with E-state index < -0.39 is 6.04 Å². The number of carbonyl (C=O) groups is 1. The number of benzene rings is 1. The lowest BCUT2D eigenvalue weighted by Gasteiger charge is -2.34. The molecule has 0 bridgehead atoms. The normalized spacial score (nSPS) is 14.8. The van der Waals surface area contributed by atoms with Crippen molar-refractivity contribution in [1.29, 1.82) is 0 Å². The van der Waals surface area contributed by atoms with Crippen molar-refractivity contribution in [3.8, 4) is 5.75 Å². The first-order chi connectivity index (χ1) is 8.17. The first-order valence-electron chi connectivity index (χ1n) is 5.23. The summed E-state index contributed by atoms with van der Waals surface area (Å²) in [4.78, 5) is 13.1. The molecule has 1 amide bonds. The number of nitrogen functional groups attached to an aromatic ring is 1. The summed E-state index contributed by atoms with van der Waals surface area (Å²) in [6.45, 7) is -0.750. The summed E-state index contributed by atoms with van der Waals surface area (Å²) in [5.74, 6) is 0.210. The Morgan fingerprint density at radius 1 is 1.41 bits per heavy atom. The Kier molecular flexibility index (Phi) is 3.16. The Morgan fingerprint density at radius 3 is 2.76 bits per heavy atom. The fourth-order valence-electron chi connectivity index (χ4n) is 1.81. The van der Waals surface area contributed by atoms with Crippen LogP contribution in [0, 0.1) is 0 Å². The Labute approximate surface area is 98.2 Å². The summed E-state index contributed by atoms with van der Waals surface area (Å²) in [5, 5.41) is 18.3. The van der Waals surface area contributed by atoms with Gasteiger partial charge < -0.3 is 20.7 Å². The molecule has 17 heavy (non-hydrogen) atoms. The van der Waals surface area contributed by atoms with Crippen LogP contribution in [0.5, 0.6) is 5.75 Å². The number of carbonyl (C=O) groups excluding carboxylic acids is 1. The molecular formula is C11H14N2O4. The van der Waals surface area contributed by atoms with Crippen LogP contribution in [0.25, 0.3) is 0 Å². The van der Waals surface area contributed by atoms with E-state index in [0.717, 1.165) is 0 Å². The van der Waals surface area contributed by atoms with Gasteiger partial charge >= 0.3 is 0 Å². The fraction of sp³-hybridized carbons (Fsp3) is 0.364. The summed E-state index contributed by atoms with van der Waals surface area (Å²) >= 11 is 0. The number of fused-ring (bicyclic) bond motifs is 1. The number of rotatable bonds is 3. The molecule has 1 aliphatic heterocycles. The Morgan fingerprint density at radius 2 is 2.12 bits per heavy atom. The monoisotopic (exact) mass is 238 g/mol. The average Bonchev–Trinajstić information content (AvgIpc) is 2.33. The molecule has 6 heteroatoms. The zero-order valence-corrected chi connectivity index (χ0v) is 9.17. The van der Waals surface area contributed by atoms with Gasteiger partial charge in [0.25, 0.3) is 5.91 Å². The van der Waals surface area contributed by atoms with Crippen LogP contribution in [0.2, 0.25) is 0 Å². The van der Waals surface area contributed by atoms with Crippen LogP contribution < -0.4 is 15.4 Å². The van der Waals surface area contributed by atoms with Crippen LogP contribution in [0.4, 0.5) is 11.4 Å². The van der Waals surface area contributed by atoms with Crippen LogP contribution in [0.1, 0.15) is 0 Å². The second-order valence-corrected chi connectivity index (χ2v) is 3.80. The summed E-state index contributed by atoms with van der Waals surface area (Å²) in [6, 6.07) is 4.24. The molecule has 1 aromatic rings. The quantitative estimate of drug-likeness (QED) is 0.608. The minimum absolute atomic E-state index is 0.104. The molecule has 4 N–H and O–H groups in total. The van der Waals surface area contributed by atoms with E-state index in [1.807, 2.05) is 0 Å². The zero-order valence-electron chi connectivity index (χ0n) is 9.17. The van der Waals surface area contributed by atoms with Crippen LogP contribution in [0.3, 0.4) is 0 Å². The van der Waals surface area contributed by atoms with Crippen molar-refractivity contribution in [2.45, 2.75) is 6.04 Å². The van der Waals surface area contributed by atoms with Crippen molar-refractivity contribution in [3.63, 3.8) is 0 Å². The van der Waals surface area contributed by atoms with Crippen LogP contribution >= 0.6 is 0 Å². The maximum Gasteiger partial charge on any atom is 0.265 e. The van der Waals surface area contributed by atoms with E-state index in [9.17, 15) is 4.79 Å². The highest BCUT2D eigenvalue weighted by atomic mass is 16.5. The predicted molar refractivity (Wildman–Crippen MR) is 61.8 cm³/mol. The molecule has 2 rings (SSSR count). The third-order valence-corrected chi connectivity index (χ3v) is 2.65. The number of aliphatic hydroxyl groups excluding tert-OH is 2. The minimum atomic E-state index is -0.674. The number of aliphatic hydroxyl groups is 2. The molecule has 0 aromatic heterocycles. The fourth-order valence-corrected chi connectivity index (χ4v) is 1.81. The van der Waals surface area contributed by atoms with Gasteiger partial charge in [0.05, 0.1) is 24.9 Å². The van der Waals surface area contributed by atoms with Gasteiger partial charge in [-0.25, -0.2) is 0 Å². The van der Waals surface area contributed by atoms with Crippen molar-refractivity contribution >= 4 is 17.3 Å². The average molecular weight is 238 g/mol. The van der Waals surface area contributed by atoms with Crippen LogP contribution in [-0.2, 0) is 4.79 Å². The number of amides is 1. The van der Waals surface area contributed by atoms with Crippen molar-refractivity contribution in [3.05, 3.63) is 18.2 Å². The van der Waals surface area contributed by atoms with Crippen molar-refractivity contribution in [2.24, 2.45) is 0 Å². The summed E-state index contributed by atoms with van der Waals surface area (Å²) in [5.41, 5.74) is 6.62. The molecule has 0 saturated heterocycles. The first-order valence-corrected chi connectivity index (χ1v) is 5.23. The minimum Gasteiger partial charge on any atom is -0.482 e. The third-order valence-electron chi connectivity index (χ3n) is 2.65. The van der Waals surface area contributed by atoms with Gasteiger partial charge in [-0.1, -0.05) is 0 Å². The highest BCUT2D eigenvalue weighted by molar-refractivity contribution is 5.99. The summed E-state index contributed by atoms with van der Waals surface area (Å²) in [7, 11) is 0. The van der Waals surface area contributed by atoms with Crippen LogP contribution in [-0.4, -0.2) is 42.0 Å². The van der Waals surface area contributed by atoms with Gasteiger partial charge in [0.15, 0.2) is 6.61 Å². The molecule has 6 nitrogen and oxygen atoms in total. The highest BCUT2D eigenvalue weighted by Gasteiger charge is 2.31. The third kappa shape index (κ3) is 2.04. The Bertz CT molecular complexity index is 431. The smallest absolute Gasteiger partial charge is 0.265 e. The maximum absolute atomic E-state index is 11.8. The largest absolute Gasteiger partial charge is 0.482 e. The first kappa shape index (κ1) is 11.7. The van der Waals surface area contributed by atoms with Gasteiger partial charge in [-0.15, -0.1) is 0 Å². The van der Waals surface area contributed by atoms with Gasteiger partial charge in [-0.05, 0) is 18.2 Å². The number of nitrogens with zero attached hydrogens (tertiary/aromatic N) is 1. The lowest BCUT2D eigenvalue weighted by molar-refractivity contribution is -0.122. The van der Waals surface area contributed by atoms with Crippen molar-refractivity contribution < 1.29 is 19.7 Å². The van der Waals surface area contributed by atoms with E-state index in [-0.39, 0.29) is 25.7 Å². The number of anilines is 2.